The van der Waals surface area contributed by atoms with Gasteiger partial charge in [0.15, 0.2) is 0 Å². The van der Waals surface area contributed by atoms with Gasteiger partial charge >= 0.3 is 5.97 Å². The average Bonchev–Trinajstić information content (AvgIpc) is 2.79. The molecule has 3 N–H and O–H groups in total. The highest BCUT2D eigenvalue weighted by Gasteiger charge is 2.17. The molecule has 0 radical (unpaired) electrons. The largest absolute Gasteiger partial charge is 0.478 e. The predicted octanol–water partition coefficient (Wildman–Crippen LogP) is 3.90. The number of anilines is 1. The number of hydrogen-bond donors (Lipinski definition) is 3. The number of hydrogen-bond acceptors (Lipinski definition) is 4. The van der Waals surface area contributed by atoms with E-state index in [0.29, 0.717) is 0 Å². The minimum absolute atomic E-state index is 0.0909. The molecule has 0 fully saturated rings. The summed E-state index contributed by atoms with van der Waals surface area (Å²) in [6.07, 6.45) is 0. The number of halogens is 1. The SMILES string of the molecule is O=C(COCC(=O)NC(c1ccccc1)c1ccccc1)Nc1ccc(Cl)cc1C(=O)O. The lowest BCUT2D eigenvalue weighted by atomic mass is 9.99. The summed E-state index contributed by atoms with van der Waals surface area (Å²) >= 11 is 5.80. The van der Waals surface area contributed by atoms with Gasteiger partial charge in [-0.2, -0.15) is 0 Å². The molecule has 7 nitrogen and oxygen atoms in total. The van der Waals surface area contributed by atoms with Crippen molar-refractivity contribution in [2.45, 2.75) is 6.04 Å². The number of aromatic carboxylic acids is 1. The summed E-state index contributed by atoms with van der Waals surface area (Å²) in [6.45, 7) is -0.758. The van der Waals surface area contributed by atoms with Gasteiger partial charge in [0.05, 0.1) is 17.3 Å². The second kappa shape index (κ2) is 11.1. The van der Waals surface area contributed by atoms with Crippen LogP contribution in [0.1, 0.15) is 27.5 Å². The Hall–Kier alpha value is -3.68. The molecule has 0 heterocycles. The van der Waals surface area contributed by atoms with Crippen LogP contribution in [0.25, 0.3) is 0 Å². The van der Waals surface area contributed by atoms with Crippen LogP contribution in [-0.2, 0) is 14.3 Å². The van der Waals surface area contributed by atoms with Gasteiger partial charge in [-0.1, -0.05) is 72.3 Å². The van der Waals surface area contributed by atoms with Crippen molar-refractivity contribution >= 4 is 35.1 Å². The van der Waals surface area contributed by atoms with Crippen LogP contribution in [0.4, 0.5) is 5.69 Å². The Labute approximate surface area is 190 Å². The average molecular weight is 453 g/mol. The number of carboxylic acids is 1. The number of carbonyl (C=O) groups is 3. The number of carboxylic acid groups (broad SMARTS) is 1. The lowest BCUT2D eigenvalue weighted by Gasteiger charge is -2.20. The van der Waals surface area contributed by atoms with Crippen LogP contribution < -0.4 is 10.6 Å². The molecule has 8 heteroatoms. The van der Waals surface area contributed by atoms with Crippen molar-refractivity contribution in [3.05, 3.63) is 101 Å². The Balaban J connectivity index is 1.56. The van der Waals surface area contributed by atoms with Crippen molar-refractivity contribution in [2.24, 2.45) is 0 Å². The van der Waals surface area contributed by atoms with Gasteiger partial charge in [-0.3, -0.25) is 9.59 Å². The topological polar surface area (TPSA) is 105 Å². The molecular formula is C24H21ClN2O5. The molecule has 164 valence electrons. The predicted molar refractivity (Wildman–Crippen MR) is 121 cm³/mol. The normalized spacial score (nSPS) is 10.6. The third-order valence-corrected chi connectivity index (χ3v) is 4.76. The van der Waals surface area contributed by atoms with E-state index in [1.807, 2.05) is 60.7 Å². The van der Waals surface area contributed by atoms with Crippen LogP contribution in [0, 0.1) is 0 Å². The van der Waals surface area contributed by atoms with E-state index in [0.717, 1.165) is 11.1 Å². The molecule has 32 heavy (non-hydrogen) atoms. The number of carbonyl (C=O) groups excluding carboxylic acids is 2. The van der Waals surface area contributed by atoms with Crippen molar-refractivity contribution in [3.8, 4) is 0 Å². The van der Waals surface area contributed by atoms with Crippen LogP contribution >= 0.6 is 11.6 Å². The highest BCUT2D eigenvalue weighted by Crippen LogP contribution is 2.22. The highest BCUT2D eigenvalue weighted by molar-refractivity contribution is 6.31. The van der Waals surface area contributed by atoms with Gasteiger partial charge in [0.1, 0.15) is 13.2 Å². The second-order valence-corrected chi connectivity index (χ2v) is 7.29. The molecular weight excluding hydrogens is 432 g/mol. The first-order chi connectivity index (χ1) is 15.4. The van der Waals surface area contributed by atoms with Gasteiger partial charge in [-0.15, -0.1) is 0 Å². The molecule has 0 aromatic heterocycles. The van der Waals surface area contributed by atoms with Gasteiger partial charge in [-0.05, 0) is 29.3 Å². The first-order valence-corrected chi connectivity index (χ1v) is 10.1. The maximum Gasteiger partial charge on any atom is 0.337 e. The lowest BCUT2D eigenvalue weighted by molar-refractivity contribution is -0.129. The molecule has 2 amide bonds. The van der Waals surface area contributed by atoms with E-state index in [1.165, 1.54) is 18.2 Å². The van der Waals surface area contributed by atoms with Crippen LogP contribution in [0.2, 0.25) is 5.02 Å². The third-order valence-electron chi connectivity index (χ3n) is 4.52. The molecule has 0 spiro atoms. The maximum atomic E-state index is 12.5. The van der Waals surface area contributed by atoms with E-state index in [1.54, 1.807) is 0 Å². The summed E-state index contributed by atoms with van der Waals surface area (Å²) in [7, 11) is 0. The summed E-state index contributed by atoms with van der Waals surface area (Å²) in [5, 5.41) is 14.8. The third kappa shape index (κ3) is 6.41. The van der Waals surface area contributed by atoms with Crippen LogP contribution in [0.5, 0.6) is 0 Å². The molecule has 0 saturated heterocycles. The fourth-order valence-corrected chi connectivity index (χ4v) is 3.25. The Morgan fingerprint density at radius 1 is 0.844 bits per heavy atom. The van der Waals surface area contributed by atoms with Crippen LogP contribution in [0.3, 0.4) is 0 Å². The number of amides is 2. The maximum absolute atomic E-state index is 12.5. The summed E-state index contributed by atoms with van der Waals surface area (Å²) in [5.41, 5.74) is 1.77. The molecule has 3 aromatic rings. The summed E-state index contributed by atoms with van der Waals surface area (Å²) in [5.74, 6) is -2.21. The Morgan fingerprint density at radius 3 is 1.97 bits per heavy atom. The molecule has 0 aliphatic rings. The van der Waals surface area contributed by atoms with E-state index >= 15 is 0 Å². The molecule has 0 unspecified atom stereocenters. The van der Waals surface area contributed by atoms with Crippen molar-refractivity contribution in [3.63, 3.8) is 0 Å². The quantitative estimate of drug-likeness (QED) is 0.456. The number of rotatable bonds is 9. The van der Waals surface area contributed by atoms with E-state index < -0.39 is 24.4 Å². The minimum Gasteiger partial charge on any atom is -0.478 e. The van der Waals surface area contributed by atoms with Crippen LogP contribution in [0.15, 0.2) is 78.9 Å². The Bertz CT molecular complexity index is 1050. The fourth-order valence-electron chi connectivity index (χ4n) is 3.08. The van der Waals surface area contributed by atoms with Crippen molar-refractivity contribution in [1.29, 1.82) is 0 Å². The van der Waals surface area contributed by atoms with Crippen molar-refractivity contribution in [2.75, 3.05) is 18.5 Å². The standard InChI is InChI=1S/C24H21ClN2O5/c25-18-11-12-20(19(13-18)24(30)31)26-21(28)14-32-15-22(29)27-23(16-7-3-1-4-8-16)17-9-5-2-6-10-17/h1-13,23H,14-15H2,(H,26,28)(H,27,29)(H,30,31). The monoisotopic (exact) mass is 452 g/mol. The Kier molecular flexibility index (Phi) is 7.96. The van der Waals surface area contributed by atoms with Gasteiger partial charge in [-0.25, -0.2) is 4.79 Å². The van der Waals surface area contributed by atoms with E-state index in [2.05, 4.69) is 10.6 Å². The zero-order valence-electron chi connectivity index (χ0n) is 17.0. The fraction of sp³-hybridized carbons (Fsp3) is 0.125. The molecule has 0 aliphatic carbocycles. The van der Waals surface area contributed by atoms with E-state index in [4.69, 9.17) is 16.3 Å². The molecule has 3 rings (SSSR count). The highest BCUT2D eigenvalue weighted by atomic mass is 35.5. The van der Waals surface area contributed by atoms with E-state index in [9.17, 15) is 19.5 Å². The van der Waals surface area contributed by atoms with Crippen molar-refractivity contribution in [1.82, 2.24) is 5.32 Å². The van der Waals surface area contributed by atoms with Crippen molar-refractivity contribution < 1.29 is 24.2 Å². The first-order valence-electron chi connectivity index (χ1n) is 9.73. The van der Waals surface area contributed by atoms with Gasteiger partial charge in [0.2, 0.25) is 11.8 Å². The van der Waals surface area contributed by atoms with Gasteiger partial charge in [0.25, 0.3) is 0 Å². The summed E-state index contributed by atoms with van der Waals surface area (Å²) < 4.78 is 5.23. The first kappa shape index (κ1) is 23.0. The number of benzene rings is 3. The molecule has 0 aliphatic heterocycles. The Morgan fingerprint density at radius 2 is 1.41 bits per heavy atom. The molecule has 3 aromatic carbocycles. The summed E-state index contributed by atoms with van der Waals surface area (Å²) in [6, 6.07) is 22.7. The zero-order valence-corrected chi connectivity index (χ0v) is 17.7. The molecule has 0 bridgehead atoms. The van der Waals surface area contributed by atoms with E-state index in [-0.39, 0.29) is 28.9 Å². The molecule has 0 saturated carbocycles. The van der Waals surface area contributed by atoms with Crippen LogP contribution in [-0.4, -0.2) is 36.1 Å². The smallest absolute Gasteiger partial charge is 0.337 e. The number of nitrogens with one attached hydrogen (secondary N) is 2. The van der Waals surface area contributed by atoms with Gasteiger partial charge in [0, 0.05) is 5.02 Å². The number of ether oxygens (including phenoxy) is 1. The molecule has 0 atom stereocenters. The second-order valence-electron chi connectivity index (χ2n) is 6.86. The van der Waals surface area contributed by atoms with Gasteiger partial charge < -0.3 is 20.5 Å². The lowest BCUT2D eigenvalue weighted by Crippen LogP contribution is -2.33. The summed E-state index contributed by atoms with van der Waals surface area (Å²) in [4.78, 5) is 35.9. The zero-order chi connectivity index (χ0) is 22.9. The minimum atomic E-state index is -1.23.